The molecule has 0 saturated carbocycles. The van der Waals surface area contributed by atoms with Crippen molar-refractivity contribution in [2.75, 3.05) is 39.4 Å². The normalized spacial score (nSPS) is 32.6. The number of hydrogen-bond donors (Lipinski definition) is 2. The highest BCUT2D eigenvalue weighted by Gasteiger charge is 2.62. The van der Waals surface area contributed by atoms with Gasteiger partial charge in [-0.2, -0.15) is 13.2 Å². The van der Waals surface area contributed by atoms with Crippen molar-refractivity contribution in [1.82, 2.24) is 10.2 Å². The van der Waals surface area contributed by atoms with E-state index in [-0.39, 0.29) is 45.8 Å². The summed E-state index contributed by atoms with van der Waals surface area (Å²) in [5.41, 5.74) is -2.33. The quantitative estimate of drug-likeness (QED) is 0.733. The lowest BCUT2D eigenvalue weighted by Gasteiger charge is -2.39. The molecule has 0 aromatic carbocycles. The van der Waals surface area contributed by atoms with Gasteiger partial charge in [0.25, 0.3) is 0 Å². The molecule has 2 rings (SSSR count). The van der Waals surface area contributed by atoms with E-state index in [2.05, 4.69) is 5.32 Å². The zero-order valence-corrected chi connectivity index (χ0v) is 10.4. The SMILES string of the molecule is O=C(N1CCOC(CO)C1)C1(C(F)(F)F)CCNC1. The number of carbonyl (C=O) groups excluding carboxylic acids is 1. The van der Waals surface area contributed by atoms with E-state index in [1.807, 2.05) is 0 Å². The maximum atomic E-state index is 13.2. The Morgan fingerprint density at radius 1 is 1.53 bits per heavy atom. The average Bonchev–Trinajstić information content (AvgIpc) is 2.88. The number of halogens is 3. The molecule has 2 atom stereocenters. The fourth-order valence-electron chi connectivity index (χ4n) is 2.55. The molecule has 0 radical (unpaired) electrons. The van der Waals surface area contributed by atoms with Crippen molar-refractivity contribution in [3.05, 3.63) is 0 Å². The number of ether oxygens (including phenoxy) is 1. The smallest absolute Gasteiger partial charge is 0.394 e. The highest BCUT2D eigenvalue weighted by atomic mass is 19.4. The zero-order valence-electron chi connectivity index (χ0n) is 10.4. The van der Waals surface area contributed by atoms with Gasteiger partial charge in [-0.1, -0.05) is 0 Å². The van der Waals surface area contributed by atoms with Crippen molar-refractivity contribution in [2.45, 2.75) is 18.7 Å². The van der Waals surface area contributed by atoms with Crippen LogP contribution in [-0.2, 0) is 9.53 Å². The summed E-state index contributed by atoms with van der Waals surface area (Å²) in [5, 5.41) is 11.6. The van der Waals surface area contributed by atoms with Gasteiger partial charge in [-0.3, -0.25) is 4.79 Å². The summed E-state index contributed by atoms with van der Waals surface area (Å²) in [6, 6.07) is 0. The Balaban J connectivity index is 2.16. The van der Waals surface area contributed by atoms with Crippen molar-refractivity contribution < 1.29 is 27.8 Å². The van der Waals surface area contributed by atoms with E-state index in [1.165, 1.54) is 0 Å². The van der Waals surface area contributed by atoms with Crippen LogP contribution in [0.15, 0.2) is 0 Å². The predicted octanol–water partition coefficient (Wildman–Crippen LogP) is -0.252. The number of morpholine rings is 1. The van der Waals surface area contributed by atoms with Crippen molar-refractivity contribution in [2.24, 2.45) is 5.41 Å². The number of amides is 1. The highest BCUT2D eigenvalue weighted by Crippen LogP contribution is 2.44. The molecular formula is C11H17F3N2O3. The van der Waals surface area contributed by atoms with Crippen LogP contribution >= 0.6 is 0 Å². The maximum Gasteiger partial charge on any atom is 0.404 e. The van der Waals surface area contributed by atoms with Gasteiger partial charge >= 0.3 is 6.18 Å². The number of alkyl halides is 3. The van der Waals surface area contributed by atoms with Crippen LogP contribution in [0.1, 0.15) is 6.42 Å². The lowest BCUT2D eigenvalue weighted by atomic mass is 9.84. The molecule has 0 aromatic heterocycles. The number of nitrogens with zero attached hydrogens (tertiary/aromatic N) is 1. The highest BCUT2D eigenvalue weighted by molar-refractivity contribution is 5.84. The Kier molecular flexibility index (Phi) is 4.03. The van der Waals surface area contributed by atoms with E-state index in [4.69, 9.17) is 9.84 Å². The minimum absolute atomic E-state index is 0.00711. The maximum absolute atomic E-state index is 13.2. The summed E-state index contributed by atoms with van der Waals surface area (Å²) >= 11 is 0. The summed E-state index contributed by atoms with van der Waals surface area (Å²) in [5.74, 6) is -0.910. The van der Waals surface area contributed by atoms with Crippen molar-refractivity contribution in [3.63, 3.8) is 0 Å². The van der Waals surface area contributed by atoms with E-state index in [0.29, 0.717) is 0 Å². The first-order chi connectivity index (χ1) is 8.90. The zero-order chi connectivity index (χ0) is 14.1. The molecule has 1 amide bonds. The average molecular weight is 282 g/mol. The van der Waals surface area contributed by atoms with E-state index in [0.717, 1.165) is 4.90 Å². The van der Waals surface area contributed by atoms with Gasteiger partial charge in [-0.15, -0.1) is 0 Å². The molecule has 2 N–H and O–H groups in total. The first kappa shape index (κ1) is 14.5. The largest absolute Gasteiger partial charge is 0.404 e. The Bertz CT molecular complexity index is 343. The Morgan fingerprint density at radius 3 is 2.79 bits per heavy atom. The third-order valence-electron chi connectivity index (χ3n) is 3.74. The van der Waals surface area contributed by atoms with Crippen LogP contribution < -0.4 is 5.32 Å². The number of aliphatic hydroxyl groups excluding tert-OH is 1. The predicted molar refractivity (Wildman–Crippen MR) is 59.4 cm³/mol. The van der Waals surface area contributed by atoms with E-state index in [1.54, 1.807) is 0 Å². The number of nitrogens with one attached hydrogen (secondary N) is 1. The molecule has 2 aliphatic rings. The number of carbonyl (C=O) groups is 1. The molecule has 5 nitrogen and oxygen atoms in total. The summed E-state index contributed by atoms with van der Waals surface area (Å²) in [4.78, 5) is 13.4. The molecule has 8 heteroatoms. The van der Waals surface area contributed by atoms with Crippen molar-refractivity contribution in [3.8, 4) is 0 Å². The fraction of sp³-hybridized carbons (Fsp3) is 0.909. The third-order valence-corrected chi connectivity index (χ3v) is 3.74. The standard InChI is InChI=1S/C11H17F3N2O3/c12-11(13,14)10(1-2-15-7-10)9(18)16-3-4-19-8(5-16)6-17/h8,15,17H,1-7H2. The second kappa shape index (κ2) is 5.26. The molecule has 2 aliphatic heterocycles. The topological polar surface area (TPSA) is 61.8 Å². The van der Waals surface area contributed by atoms with Crippen LogP contribution in [0.2, 0.25) is 0 Å². The van der Waals surface area contributed by atoms with Crippen molar-refractivity contribution in [1.29, 1.82) is 0 Å². The Morgan fingerprint density at radius 2 is 2.26 bits per heavy atom. The van der Waals surface area contributed by atoms with Crippen LogP contribution in [0.25, 0.3) is 0 Å². The summed E-state index contributed by atoms with van der Waals surface area (Å²) in [6.45, 7) is -0.213. The second-order valence-corrected chi connectivity index (χ2v) is 4.93. The molecule has 19 heavy (non-hydrogen) atoms. The van der Waals surface area contributed by atoms with Gasteiger partial charge in [0.2, 0.25) is 5.91 Å². The fourth-order valence-corrected chi connectivity index (χ4v) is 2.55. The molecule has 110 valence electrons. The molecule has 2 unspecified atom stereocenters. The van der Waals surface area contributed by atoms with Crippen LogP contribution in [0.5, 0.6) is 0 Å². The van der Waals surface area contributed by atoms with Gasteiger partial charge in [0.1, 0.15) is 0 Å². The van der Waals surface area contributed by atoms with Gasteiger partial charge in [0.05, 0.1) is 19.3 Å². The molecule has 0 bridgehead atoms. The minimum Gasteiger partial charge on any atom is -0.394 e. The van der Waals surface area contributed by atoms with Gasteiger partial charge < -0.3 is 20.1 Å². The molecule has 0 aromatic rings. The van der Waals surface area contributed by atoms with Crippen LogP contribution in [0.3, 0.4) is 0 Å². The minimum atomic E-state index is -4.57. The first-order valence-electron chi connectivity index (χ1n) is 6.20. The third kappa shape index (κ3) is 2.56. The van der Waals surface area contributed by atoms with E-state index >= 15 is 0 Å². The Labute approximate surface area is 108 Å². The van der Waals surface area contributed by atoms with Gasteiger partial charge in [0.15, 0.2) is 5.41 Å². The number of hydrogen-bond acceptors (Lipinski definition) is 4. The molecule has 0 aliphatic carbocycles. The molecule has 0 spiro atoms. The van der Waals surface area contributed by atoms with E-state index in [9.17, 15) is 18.0 Å². The van der Waals surface area contributed by atoms with Crippen LogP contribution in [0, 0.1) is 5.41 Å². The van der Waals surface area contributed by atoms with Gasteiger partial charge in [-0.05, 0) is 13.0 Å². The van der Waals surface area contributed by atoms with Crippen molar-refractivity contribution >= 4 is 5.91 Å². The molecule has 2 saturated heterocycles. The summed E-state index contributed by atoms with van der Waals surface area (Å²) < 4.78 is 44.8. The van der Waals surface area contributed by atoms with E-state index < -0.39 is 23.6 Å². The monoisotopic (exact) mass is 282 g/mol. The molecule has 2 fully saturated rings. The van der Waals surface area contributed by atoms with Gasteiger partial charge in [0, 0.05) is 19.6 Å². The summed E-state index contributed by atoms with van der Waals surface area (Å²) in [6.07, 6.45) is -5.41. The molecular weight excluding hydrogens is 265 g/mol. The van der Waals surface area contributed by atoms with Gasteiger partial charge in [-0.25, -0.2) is 0 Å². The number of rotatable bonds is 2. The lowest BCUT2D eigenvalue weighted by Crippen LogP contribution is -2.57. The second-order valence-electron chi connectivity index (χ2n) is 4.93. The molecule has 2 heterocycles. The lowest BCUT2D eigenvalue weighted by molar-refractivity contribution is -0.224. The Hall–Kier alpha value is -0.860. The van der Waals surface area contributed by atoms with Crippen LogP contribution in [-0.4, -0.2) is 67.6 Å². The number of aliphatic hydroxyl groups is 1. The summed E-state index contributed by atoms with van der Waals surface area (Å²) in [7, 11) is 0. The first-order valence-corrected chi connectivity index (χ1v) is 6.20. The van der Waals surface area contributed by atoms with Crippen LogP contribution in [0.4, 0.5) is 13.2 Å².